The maximum Gasteiger partial charge on any atom is 0.244 e. The van der Waals surface area contributed by atoms with Crippen molar-refractivity contribution in [3.63, 3.8) is 0 Å². The highest BCUT2D eigenvalue weighted by Gasteiger charge is 2.27. The third-order valence-electron chi connectivity index (χ3n) is 2.78. The largest absolute Gasteiger partial charge is 0.380 e. The summed E-state index contributed by atoms with van der Waals surface area (Å²) < 4.78 is 5.06. The van der Waals surface area contributed by atoms with E-state index in [2.05, 4.69) is 5.32 Å². The molecule has 0 heterocycles. The lowest BCUT2D eigenvalue weighted by Gasteiger charge is -2.23. The Kier molecular flexibility index (Phi) is 7.68. The summed E-state index contributed by atoms with van der Waals surface area (Å²) in [7, 11) is 1.64. The number of anilines is 1. The van der Waals surface area contributed by atoms with Gasteiger partial charge in [-0.3, -0.25) is 4.79 Å². The lowest BCUT2D eigenvalue weighted by molar-refractivity contribution is -0.120. The second kappa shape index (κ2) is 8.15. The van der Waals surface area contributed by atoms with E-state index < -0.39 is 5.54 Å². The minimum atomic E-state index is -0.827. The number of hydrogen-bond acceptors (Lipinski definition) is 3. The van der Waals surface area contributed by atoms with Crippen LogP contribution in [-0.4, -0.2) is 18.6 Å². The molecule has 19 heavy (non-hydrogen) atoms. The molecule has 1 amide bonds. The molecule has 3 N–H and O–H groups in total. The molecule has 108 valence electrons. The van der Waals surface area contributed by atoms with Crippen LogP contribution >= 0.6 is 12.4 Å². The second-order valence-electron chi connectivity index (χ2n) is 4.75. The van der Waals surface area contributed by atoms with Gasteiger partial charge < -0.3 is 15.8 Å². The fraction of sp³-hybridized carbons (Fsp3) is 0.500. The van der Waals surface area contributed by atoms with E-state index in [1.54, 1.807) is 14.0 Å². The van der Waals surface area contributed by atoms with Crippen molar-refractivity contribution in [2.24, 2.45) is 5.73 Å². The molecule has 0 fully saturated rings. The van der Waals surface area contributed by atoms with E-state index in [1.807, 2.05) is 31.2 Å². The van der Waals surface area contributed by atoms with Gasteiger partial charge in [0.1, 0.15) is 0 Å². The first-order valence-electron chi connectivity index (χ1n) is 6.18. The van der Waals surface area contributed by atoms with Gasteiger partial charge in [-0.05, 0) is 31.0 Å². The van der Waals surface area contributed by atoms with E-state index in [-0.39, 0.29) is 18.3 Å². The molecular formula is C14H23ClN2O2. The summed E-state index contributed by atoms with van der Waals surface area (Å²) in [6, 6.07) is 7.58. The molecule has 0 aliphatic carbocycles. The van der Waals surface area contributed by atoms with Gasteiger partial charge in [-0.15, -0.1) is 12.4 Å². The van der Waals surface area contributed by atoms with Gasteiger partial charge >= 0.3 is 0 Å². The molecule has 0 aromatic heterocycles. The third kappa shape index (κ3) is 5.59. The first-order chi connectivity index (χ1) is 8.49. The number of amides is 1. The average Bonchev–Trinajstić information content (AvgIpc) is 2.29. The van der Waals surface area contributed by atoms with E-state index in [9.17, 15) is 4.79 Å². The topological polar surface area (TPSA) is 64.4 Å². The van der Waals surface area contributed by atoms with Crippen LogP contribution < -0.4 is 11.1 Å². The fourth-order valence-corrected chi connectivity index (χ4v) is 1.81. The van der Waals surface area contributed by atoms with E-state index in [0.717, 1.165) is 17.7 Å². The summed E-state index contributed by atoms with van der Waals surface area (Å²) in [6.45, 7) is 4.29. The summed E-state index contributed by atoms with van der Waals surface area (Å²) in [5.41, 5.74) is 6.92. The van der Waals surface area contributed by atoms with Crippen molar-refractivity contribution in [2.75, 3.05) is 12.4 Å². The molecule has 0 spiro atoms. The zero-order valence-electron chi connectivity index (χ0n) is 11.7. The molecule has 1 unspecified atom stereocenters. The molecule has 0 bridgehead atoms. The Bertz CT molecular complexity index is 408. The monoisotopic (exact) mass is 286 g/mol. The van der Waals surface area contributed by atoms with Crippen LogP contribution in [0.2, 0.25) is 0 Å². The van der Waals surface area contributed by atoms with Crippen molar-refractivity contribution in [1.82, 2.24) is 0 Å². The van der Waals surface area contributed by atoms with Gasteiger partial charge in [-0.1, -0.05) is 25.5 Å². The maximum absolute atomic E-state index is 12.0. The quantitative estimate of drug-likeness (QED) is 0.845. The molecule has 4 nitrogen and oxygen atoms in total. The number of hydrogen-bond donors (Lipinski definition) is 2. The maximum atomic E-state index is 12.0. The number of halogens is 1. The Morgan fingerprint density at radius 2 is 2.16 bits per heavy atom. The van der Waals surface area contributed by atoms with Crippen molar-refractivity contribution >= 4 is 24.0 Å². The normalized spacial score (nSPS) is 13.3. The number of rotatable bonds is 6. The number of benzene rings is 1. The summed E-state index contributed by atoms with van der Waals surface area (Å²) in [5.74, 6) is -0.154. The SMILES string of the molecule is CCCC(C)(N)C(=O)Nc1cccc(COC)c1.Cl. The Labute approximate surface area is 121 Å². The van der Waals surface area contributed by atoms with Gasteiger partial charge in [-0.2, -0.15) is 0 Å². The zero-order valence-corrected chi connectivity index (χ0v) is 12.5. The molecular weight excluding hydrogens is 264 g/mol. The van der Waals surface area contributed by atoms with Crippen LogP contribution in [0, 0.1) is 0 Å². The predicted octanol–water partition coefficient (Wildman–Crippen LogP) is 2.71. The molecule has 0 saturated carbocycles. The Hall–Kier alpha value is -1.10. The van der Waals surface area contributed by atoms with Crippen molar-refractivity contribution < 1.29 is 9.53 Å². The molecule has 1 aromatic rings. The number of carbonyl (C=O) groups is 1. The summed E-state index contributed by atoms with van der Waals surface area (Å²) >= 11 is 0. The average molecular weight is 287 g/mol. The van der Waals surface area contributed by atoms with Crippen molar-refractivity contribution in [3.05, 3.63) is 29.8 Å². The highest BCUT2D eigenvalue weighted by Crippen LogP contribution is 2.15. The number of carbonyl (C=O) groups excluding carboxylic acids is 1. The fourth-order valence-electron chi connectivity index (χ4n) is 1.81. The Morgan fingerprint density at radius 3 is 2.74 bits per heavy atom. The van der Waals surface area contributed by atoms with Crippen LogP contribution in [0.4, 0.5) is 5.69 Å². The van der Waals surface area contributed by atoms with Gasteiger partial charge in [0.15, 0.2) is 0 Å². The highest BCUT2D eigenvalue weighted by molar-refractivity contribution is 5.97. The van der Waals surface area contributed by atoms with E-state index in [0.29, 0.717) is 13.0 Å². The number of nitrogens with two attached hydrogens (primary N) is 1. The van der Waals surface area contributed by atoms with Crippen molar-refractivity contribution in [3.8, 4) is 0 Å². The molecule has 1 rings (SSSR count). The van der Waals surface area contributed by atoms with E-state index in [4.69, 9.17) is 10.5 Å². The van der Waals surface area contributed by atoms with Crippen LogP contribution in [0.1, 0.15) is 32.3 Å². The van der Waals surface area contributed by atoms with Crippen LogP contribution in [0.5, 0.6) is 0 Å². The van der Waals surface area contributed by atoms with Crippen molar-refractivity contribution in [1.29, 1.82) is 0 Å². The Morgan fingerprint density at radius 1 is 1.47 bits per heavy atom. The smallest absolute Gasteiger partial charge is 0.244 e. The van der Waals surface area contributed by atoms with E-state index >= 15 is 0 Å². The lowest BCUT2D eigenvalue weighted by Crippen LogP contribution is -2.48. The van der Waals surface area contributed by atoms with Gasteiger partial charge in [0.25, 0.3) is 0 Å². The minimum absolute atomic E-state index is 0. The van der Waals surface area contributed by atoms with Crippen LogP contribution in [0.3, 0.4) is 0 Å². The first-order valence-corrected chi connectivity index (χ1v) is 6.18. The summed E-state index contributed by atoms with van der Waals surface area (Å²) in [5, 5.41) is 2.85. The molecule has 0 radical (unpaired) electrons. The number of ether oxygens (including phenoxy) is 1. The summed E-state index contributed by atoms with van der Waals surface area (Å²) in [6.07, 6.45) is 1.54. The van der Waals surface area contributed by atoms with Crippen LogP contribution in [0.25, 0.3) is 0 Å². The van der Waals surface area contributed by atoms with Crippen LogP contribution in [-0.2, 0) is 16.1 Å². The number of nitrogens with one attached hydrogen (secondary N) is 1. The zero-order chi connectivity index (χ0) is 13.6. The highest BCUT2D eigenvalue weighted by atomic mass is 35.5. The predicted molar refractivity (Wildman–Crippen MR) is 80.5 cm³/mol. The molecule has 0 aliphatic rings. The summed E-state index contributed by atoms with van der Waals surface area (Å²) in [4.78, 5) is 12.0. The minimum Gasteiger partial charge on any atom is -0.380 e. The molecule has 0 aliphatic heterocycles. The Balaban J connectivity index is 0.00000324. The molecule has 1 aromatic carbocycles. The van der Waals surface area contributed by atoms with E-state index in [1.165, 1.54) is 0 Å². The van der Waals surface area contributed by atoms with Gasteiger partial charge in [-0.25, -0.2) is 0 Å². The standard InChI is InChI=1S/C14H22N2O2.ClH/c1-4-8-14(2,15)13(17)16-12-7-5-6-11(9-12)10-18-3;/h5-7,9H,4,8,10,15H2,1-3H3,(H,16,17);1H. The molecule has 1 atom stereocenters. The van der Waals surface area contributed by atoms with Crippen molar-refractivity contribution in [2.45, 2.75) is 38.8 Å². The molecule has 5 heteroatoms. The lowest BCUT2D eigenvalue weighted by atomic mass is 9.96. The van der Waals surface area contributed by atoms with Gasteiger partial charge in [0.2, 0.25) is 5.91 Å². The van der Waals surface area contributed by atoms with Gasteiger partial charge in [0.05, 0.1) is 12.1 Å². The first kappa shape index (κ1) is 17.9. The third-order valence-corrected chi connectivity index (χ3v) is 2.78. The van der Waals surface area contributed by atoms with Crippen LogP contribution in [0.15, 0.2) is 24.3 Å². The molecule has 0 saturated heterocycles. The van der Waals surface area contributed by atoms with Gasteiger partial charge in [0, 0.05) is 12.8 Å². The second-order valence-corrected chi connectivity index (χ2v) is 4.75. The number of methoxy groups -OCH3 is 1.